The van der Waals surface area contributed by atoms with E-state index < -0.39 is 11.5 Å². The van der Waals surface area contributed by atoms with Gasteiger partial charge in [-0.05, 0) is 63.9 Å². The van der Waals surface area contributed by atoms with E-state index in [-0.39, 0.29) is 30.9 Å². The topological polar surface area (TPSA) is 81.1 Å². The molecule has 7 heteroatoms. The van der Waals surface area contributed by atoms with Gasteiger partial charge in [0.15, 0.2) is 5.60 Å². The lowest BCUT2D eigenvalue weighted by Crippen LogP contribution is -2.46. The number of hydrogen-bond acceptors (Lipinski definition) is 4. The van der Waals surface area contributed by atoms with E-state index >= 15 is 0 Å². The summed E-state index contributed by atoms with van der Waals surface area (Å²) in [5.41, 5.74) is 2.80. The van der Waals surface area contributed by atoms with E-state index in [0.717, 1.165) is 20.3 Å². The molecule has 2 aliphatic heterocycles. The first kappa shape index (κ1) is 26.6. The van der Waals surface area contributed by atoms with E-state index in [2.05, 4.69) is 22.6 Å². The van der Waals surface area contributed by atoms with Crippen LogP contribution in [0.1, 0.15) is 35.6 Å². The number of rotatable bonds is 7. The number of aliphatic hydroxyl groups excluding tert-OH is 1. The van der Waals surface area contributed by atoms with Gasteiger partial charge in [-0.3, -0.25) is 9.59 Å². The molecule has 6 nitrogen and oxygen atoms in total. The van der Waals surface area contributed by atoms with Crippen LogP contribution in [0.3, 0.4) is 0 Å². The van der Waals surface area contributed by atoms with E-state index in [0.29, 0.717) is 30.8 Å². The minimum atomic E-state index is -1.73. The van der Waals surface area contributed by atoms with E-state index in [1.54, 1.807) is 34.9 Å². The van der Waals surface area contributed by atoms with Crippen LogP contribution in [0.15, 0.2) is 84.9 Å². The van der Waals surface area contributed by atoms with Crippen molar-refractivity contribution in [2.45, 2.75) is 44.5 Å². The van der Waals surface area contributed by atoms with Crippen molar-refractivity contribution >= 4 is 40.1 Å². The molecule has 38 heavy (non-hydrogen) atoms. The number of hydrogen-bond donors (Lipinski definition) is 2. The zero-order valence-corrected chi connectivity index (χ0v) is 23.4. The van der Waals surface area contributed by atoms with Gasteiger partial charge in [-0.1, -0.05) is 73.7 Å². The fraction of sp³-hybridized carbons (Fsp3) is 0.290. The number of carbonyl (C=O) groups excluding carboxylic acids is 2. The Morgan fingerprint density at radius 3 is 2.61 bits per heavy atom. The van der Waals surface area contributed by atoms with Crippen molar-refractivity contribution < 1.29 is 19.8 Å². The lowest BCUT2D eigenvalue weighted by atomic mass is 9.83. The first-order chi connectivity index (χ1) is 18.3. The third-order valence-electron chi connectivity index (χ3n) is 7.67. The summed E-state index contributed by atoms with van der Waals surface area (Å²) < 4.78 is 1.08. The number of amides is 2. The summed E-state index contributed by atoms with van der Waals surface area (Å²) in [7, 11) is 0. The number of halogens is 1. The number of fused-ring (bicyclic) bond motifs is 2. The highest BCUT2D eigenvalue weighted by Crippen LogP contribution is 2.45. The van der Waals surface area contributed by atoms with E-state index in [9.17, 15) is 19.8 Å². The highest BCUT2D eigenvalue weighted by Gasteiger charge is 2.52. The van der Waals surface area contributed by atoms with Crippen LogP contribution in [0, 0.1) is 9.49 Å². The molecule has 0 saturated carbocycles. The molecule has 0 unspecified atom stereocenters. The minimum Gasteiger partial charge on any atom is -0.394 e. The van der Waals surface area contributed by atoms with Gasteiger partial charge in [-0.15, -0.1) is 0 Å². The van der Waals surface area contributed by atoms with Crippen molar-refractivity contribution in [2.75, 3.05) is 11.5 Å². The zero-order chi connectivity index (χ0) is 26.9. The van der Waals surface area contributed by atoms with Gasteiger partial charge >= 0.3 is 0 Å². The van der Waals surface area contributed by atoms with Crippen molar-refractivity contribution in [2.24, 2.45) is 5.92 Å². The maximum absolute atomic E-state index is 13.7. The van der Waals surface area contributed by atoms with E-state index in [1.165, 1.54) is 0 Å². The molecule has 0 aromatic heterocycles. The number of carbonyl (C=O) groups is 2. The molecule has 3 aromatic carbocycles. The Labute approximate surface area is 236 Å². The molecule has 0 radical (unpaired) electrons. The quantitative estimate of drug-likeness (QED) is 0.300. The fourth-order valence-corrected chi connectivity index (χ4v) is 6.16. The van der Waals surface area contributed by atoms with Gasteiger partial charge in [-0.25, -0.2) is 0 Å². The van der Waals surface area contributed by atoms with E-state index in [4.69, 9.17) is 0 Å². The molecule has 0 aliphatic carbocycles. The molecule has 2 aliphatic rings. The molecule has 3 atom stereocenters. The van der Waals surface area contributed by atoms with Gasteiger partial charge in [0.2, 0.25) is 5.91 Å². The Morgan fingerprint density at radius 2 is 1.84 bits per heavy atom. The third kappa shape index (κ3) is 4.90. The predicted octanol–water partition coefficient (Wildman–Crippen LogP) is 4.55. The third-order valence-corrected chi connectivity index (χ3v) is 8.34. The van der Waals surface area contributed by atoms with Gasteiger partial charge in [0.05, 0.1) is 24.9 Å². The molecular formula is C31H31IN2O4. The van der Waals surface area contributed by atoms with Crippen LogP contribution in [-0.4, -0.2) is 39.6 Å². The summed E-state index contributed by atoms with van der Waals surface area (Å²) in [6.07, 6.45) is 4.24. The van der Waals surface area contributed by atoms with Crippen LogP contribution in [0.5, 0.6) is 0 Å². The van der Waals surface area contributed by atoms with Gasteiger partial charge in [0, 0.05) is 28.0 Å². The van der Waals surface area contributed by atoms with Crippen molar-refractivity contribution in [3.8, 4) is 0 Å². The highest BCUT2D eigenvalue weighted by molar-refractivity contribution is 14.1. The molecule has 2 N–H and O–H groups in total. The number of nitrogens with zero attached hydrogens (tertiary/aromatic N) is 2. The van der Waals surface area contributed by atoms with Crippen LogP contribution in [0.2, 0.25) is 0 Å². The highest BCUT2D eigenvalue weighted by atomic mass is 127. The van der Waals surface area contributed by atoms with Crippen molar-refractivity contribution in [3.05, 3.63) is 111 Å². The summed E-state index contributed by atoms with van der Waals surface area (Å²) >= 11 is 2.25. The second kappa shape index (κ2) is 11.0. The predicted molar refractivity (Wildman–Crippen MR) is 155 cm³/mol. The SMILES string of the molecule is C[C@H](/C=C/CC(=O)N1Cc2ccccc2C[C@H]1CO)[C@@]1(O)C(=O)N(Cc2cccc(I)c2)c2ccccc21. The first-order valence-electron chi connectivity index (χ1n) is 12.8. The molecule has 0 saturated heterocycles. The van der Waals surface area contributed by atoms with Crippen molar-refractivity contribution in [3.63, 3.8) is 0 Å². The standard InChI is InChI=1S/C31H31IN2O4/c1-21(8-6-15-29(36)33-19-24-11-3-2-10-23(24)17-26(33)20-35)31(38)27-13-4-5-14-28(27)34(30(31)37)18-22-9-7-12-25(32)16-22/h2-14,16,21,26,35,38H,15,17-20H2,1H3/b8-6+/t21-,26+,31+/m1/s1. The van der Waals surface area contributed by atoms with Gasteiger partial charge in [-0.2, -0.15) is 0 Å². The summed E-state index contributed by atoms with van der Waals surface area (Å²) in [6.45, 7) is 2.54. The monoisotopic (exact) mass is 622 g/mol. The lowest BCUT2D eigenvalue weighted by molar-refractivity contribution is -0.139. The average Bonchev–Trinajstić information content (AvgIpc) is 3.15. The number of anilines is 1. The van der Waals surface area contributed by atoms with Crippen LogP contribution >= 0.6 is 22.6 Å². The normalized spacial score (nSPS) is 21.5. The number of para-hydroxylation sites is 1. The largest absolute Gasteiger partial charge is 0.394 e. The summed E-state index contributed by atoms with van der Waals surface area (Å²) in [4.78, 5) is 30.2. The van der Waals surface area contributed by atoms with Gasteiger partial charge in [0.1, 0.15) is 0 Å². The number of benzene rings is 3. The molecule has 0 spiro atoms. The summed E-state index contributed by atoms with van der Waals surface area (Å²) in [5, 5.41) is 21.7. The minimum absolute atomic E-state index is 0.0903. The maximum Gasteiger partial charge on any atom is 0.264 e. The molecule has 0 fully saturated rings. The van der Waals surface area contributed by atoms with Crippen LogP contribution in [0.4, 0.5) is 5.69 Å². The van der Waals surface area contributed by atoms with Crippen molar-refractivity contribution in [1.82, 2.24) is 4.90 Å². The van der Waals surface area contributed by atoms with Crippen molar-refractivity contribution in [1.29, 1.82) is 0 Å². The van der Waals surface area contributed by atoms with Gasteiger partial charge < -0.3 is 20.0 Å². The number of aliphatic hydroxyl groups is 2. The first-order valence-corrected chi connectivity index (χ1v) is 13.9. The lowest BCUT2D eigenvalue weighted by Gasteiger charge is -2.36. The molecule has 2 heterocycles. The smallest absolute Gasteiger partial charge is 0.264 e. The Morgan fingerprint density at radius 1 is 1.11 bits per heavy atom. The molecule has 3 aromatic rings. The Kier molecular flexibility index (Phi) is 7.70. The molecule has 0 bridgehead atoms. The molecular weight excluding hydrogens is 591 g/mol. The molecule has 196 valence electrons. The van der Waals surface area contributed by atoms with Crippen LogP contribution < -0.4 is 4.90 Å². The average molecular weight is 623 g/mol. The van der Waals surface area contributed by atoms with E-state index in [1.807, 2.05) is 66.7 Å². The molecule has 5 rings (SSSR count). The Balaban J connectivity index is 1.32. The van der Waals surface area contributed by atoms with Gasteiger partial charge in [0.25, 0.3) is 5.91 Å². The Hall–Kier alpha value is -3.01. The Bertz CT molecular complexity index is 1390. The molecule has 2 amide bonds. The van der Waals surface area contributed by atoms with Crippen LogP contribution in [-0.2, 0) is 34.7 Å². The zero-order valence-electron chi connectivity index (χ0n) is 21.3. The maximum atomic E-state index is 13.7. The fourth-order valence-electron chi connectivity index (χ4n) is 5.55. The second-order valence-electron chi connectivity index (χ2n) is 10.1. The second-order valence-corrected chi connectivity index (χ2v) is 11.3. The summed E-state index contributed by atoms with van der Waals surface area (Å²) in [5.74, 6) is -1.01. The summed E-state index contributed by atoms with van der Waals surface area (Å²) in [6, 6.07) is 23.1. The van der Waals surface area contributed by atoms with Crippen LogP contribution in [0.25, 0.3) is 0 Å².